The molecule has 0 saturated carbocycles. The van der Waals surface area contributed by atoms with Crippen LogP contribution in [0.5, 0.6) is 0 Å². The summed E-state index contributed by atoms with van der Waals surface area (Å²) in [5.74, 6) is 0.366. The lowest BCUT2D eigenvalue weighted by Crippen LogP contribution is -2.45. The maximum atomic E-state index is 11.3. The maximum Gasteiger partial charge on any atom is 0.407 e. The second-order valence-electron chi connectivity index (χ2n) is 4.95. The fourth-order valence-electron chi connectivity index (χ4n) is 2.56. The van der Waals surface area contributed by atoms with Crippen LogP contribution in [0.1, 0.15) is 33.6 Å². The molecule has 0 aromatic carbocycles. The van der Waals surface area contributed by atoms with Gasteiger partial charge in [-0.2, -0.15) is 0 Å². The Morgan fingerprint density at radius 2 is 1.94 bits per heavy atom. The number of rotatable bonds is 3. The maximum absolute atomic E-state index is 11.3. The monoisotopic (exact) mass is 241 g/mol. The summed E-state index contributed by atoms with van der Waals surface area (Å²) in [6.45, 7) is 10.0. The zero-order valence-electron chi connectivity index (χ0n) is 11.2. The minimum atomic E-state index is -0.398. The molecule has 0 spiro atoms. The Morgan fingerprint density at radius 1 is 1.41 bits per heavy atom. The summed E-state index contributed by atoms with van der Waals surface area (Å²) in [5, 5.41) is 2.86. The Balaban J connectivity index is 2.69. The Bertz CT molecular complexity index is 280. The van der Waals surface area contributed by atoms with Gasteiger partial charge in [0.25, 0.3) is 0 Å². The molecule has 1 fully saturated rings. The van der Waals surface area contributed by atoms with Gasteiger partial charge in [-0.1, -0.05) is 12.2 Å². The van der Waals surface area contributed by atoms with E-state index in [4.69, 9.17) is 4.74 Å². The third-order valence-electron chi connectivity index (χ3n) is 3.20. The van der Waals surface area contributed by atoms with Crippen molar-refractivity contribution in [2.75, 3.05) is 7.11 Å². The largest absolute Gasteiger partial charge is 0.453 e. The normalized spacial score (nSPS) is 30.5. The van der Waals surface area contributed by atoms with E-state index in [1.54, 1.807) is 0 Å². The fraction of sp³-hybridized carbons (Fsp3) is 0.769. The van der Waals surface area contributed by atoms with Crippen molar-refractivity contribution < 1.29 is 14.3 Å². The molecule has 1 heterocycles. The smallest absolute Gasteiger partial charge is 0.407 e. The number of hydrogen-bond acceptors (Lipinski definition) is 3. The Morgan fingerprint density at radius 3 is 2.35 bits per heavy atom. The third kappa shape index (κ3) is 4.04. The van der Waals surface area contributed by atoms with Crippen LogP contribution in [0.2, 0.25) is 0 Å². The van der Waals surface area contributed by atoms with Crippen molar-refractivity contribution in [3.05, 3.63) is 12.2 Å². The molecule has 1 rings (SSSR count). The van der Waals surface area contributed by atoms with E-state index >= 15 is 0 Å². The minimum absolute atomic E-state index is 0.0313. The lowest BCUT2D eigenvalue weighted by atomic mass is 9.83. The second kappa shape index (κ2) is 6.05. The van der Waals surface area contributed by atoms with Crippen LogP contribution in [0.15, 0.2) is 12.2 Å². The molecule has 1 saturated heterocycles. The highest BCUT2D eigenvalue weighted by Crippen LogP contribution is 2.29. The fourth-order valence-corrected chi connectivity index (χ4v) is 2.56. The molecule has 1 aliphatic heterocycles. The van der Waals surface area contributed by atoms with Gasteiger partial charge in [0.15, 0.2) is 0 Å². The molecular formula is C13H23NO3. The standard InChI is InChI=1S/C13H23NO3/c1-8(2)12(14-13(15)16-5)11-6-9(3)17-10(4)7-11/h9-12H,1,6-7H2,2-5H3,(H,14,15). The molecule has 17 heavy (non-hydrogen) atoms. The minimum Gasteiger partial charge on any atom is -0.453 e. The van der Waals surface area contributed by atoms with Crippen molar-refractivity contribution >= 4 is 6.09 Å². The van der Waals surface area contributed by atoms with Gasteiger partial charge in [0.05, 0.1) is 25.4 Å². The highest BCUT2D eigenvalue weighted by Gasteiger charge is 2.31. The predicted octanol–water partition coefficient (Wildman–Crippen LogP) is 2.49. The number of ether oxygens (including phenoxy) is 2. The van der Waals surface area contributed by atoms with Crippen LogP contribution in [0.25, 0.3) is 0 Å². The zero-order valence-corrected chi connectivity index (χ0v) is 11.2. The van der Waals surface area contributed by atoms with E-state index in [1.165, 1.54) is 7.11 Å². The van der Waals surface area contributed by atoms with Gasteiger partial charge in [0, 0.05) is 0 Å². The molecule has 1 N–H and O–H groups in total. The van der Waals surface area contributed by atoms with E-state index < -0.39 is 6.09 Å². The number of amides is 1. The summed E-state index contributed by atoms with van der Waals surface area (Å²) >= 11 is 0. The zero-order chi connectivity index (χ0) is 13.0. The molecule has 1 amide bonds. The van der Waals surface area contributed by atoms with E-state index in [0.717, 1.165) is 18.4 Å². The Hall–Kier alpha value is -1.03. The molecular weight excluding hydrogens is 218 g/mol. The molecule has 1 aliphatic rings. The molecule has 3 atom stereocenters. The third-order valence-corrected chi connectivity index (χ3v) is 3.20. The lowest BCUT2D eigenvalue weighted by Gasteiger charge is -2.37. The number of nitrogens with one attached hydrogen (secondary N) is 1. The number of methoxy groups -OCH3 is 1. The first-order valence-corrected chi connectivity index (χ1v) is 6.09. The Labute approximate surface area is 103 Å². The number of carbonyl (C=O) groups excluding carboxylic acids is 1. The van der Waals surface area contributed by atoms with Crippen LogP contribution in [-0.4, -0.2) is 31.5 Å². The van der Waals surface area contributed by atoms with Gasteiger partial charge in [-0.05, 0) is 39.5 Å². The van der Waals surface area contributed by atoms with Gasteiger partial charge in [0.2, 0.25) is 0 Å². The average molecular weight is 241 g/mol. The quantitative estimate of drug-likeness (QED) is 0.772. The van der Waals surface area contributed by atoms with Crippen molar-refractivity contribution in [2.45, 2.75) is 51.9 Å². The number of carbonyl (C=O) groups is 1. The van der Waals surface area contributed by atoms with Crippen LogP contribution in [0.3, 0.4) is 0 Å². The van der Waals surface area contributed by atoms with Gasteiger partial charge >= 0.3 is 6.09 Å². The summed E-state index contributed by atoms with van der Waals surface area (Å²) < 4.78 is 10.4. The van der Waals surface area contributed by atoms with Crippen molar-refractivity contribution in [2.24, 2.45) is 5.92 Å². The summed E-state index contributed by atoms with van der Waals surface area (Å²) in [5.41, 5.74) is 0.960. The van der Waals surface area contributed by atoms with Gasteiger partial charge in [-0.3, -0.25) is 0 Å². The molecule has 0 radical (unpaired) electrons. The molecule has 0 aliphatic carbocycles. The van der Waals surface area contributed by atoms with E-state index in [1.807, 2.05) is 6.92 Å². The Kier molecular flexibility index (Phi) is 5.00. The van der Waals surface area contributed by atoms with Gasteiger partial charge in [-0.25, -0.2) is 4.79 Å². The summed E-state index contributed by atoms with van der Waals surface area (Å²) in [6, 6.07) is -0.0313. The van der Waals surface area contributed by atoms with Crippen LogP contribution in [0.4, 0.5) is 4.79 Å². The first kappa shape index (κ1) is 14.0. The molecule has 0 aromatic heterocycles. The second-order valence-corrected chi connectivity index (χ2v) is 4.95. The molecule has 4 nitrogen and oxygen atoms in total. The van der Waals surface area contributed by atoms with E-state index in [-0.39, 0.29) is 18.2 Å². The number of hydrogen-bond donors (Lipinski definition) is 1. The van der Waals surface area contributed by atoms with Crippen LogP contribution < -0.4 is 5.32 Å². The van der Waals surface area contributed by atoms with Crippen molar-refractivity contribution in [3.8, 4) is 0 Å². The SMILES string of the molecule is C=C(C)C(NC(=O)OC)C1CC(C)OC(C)C1. The highest BCUT2D eigenvalue weighted by atomic mass is 16.5. The van der Waals surface area contributed by atoms with Gasteiger partial charge in [0.1, 0.15) is 0 Å². The van der Waals surface area contributed by atoms with E-state index in [0.29, 0.717) is 5.92 Å². The molecule has 0 bridgehead atoms. The summed E-state index contributed by atoms with van der Waals surface area (Å²) in [7, 11) is 1.38. The summed E-state index contributed by atoms with van der Waals surface area (Å²) in [6.07, 6.45) is 1.93. The first-order valence-electron chi connectivity index (χ1n) is 6.09. The van der Waals surface area contributed by atoms with E-state index in [2.05, 4.69) is 30.5 Å². The topological polar surface area (TPSA) is 47.6 Å². The van der Waals surface area contributed by atoms with Gasteiger partial charge < -0.3 is 14.8 Å². The van der Waals surface area contributed by atoms with Crippen molar-refractivity contribution in [3.63, 3.8) is 0 Å². The molecule has 98 valence electrons. The molecule has 0 aromatic rings. The highest BCUT2D eigenvalue weighted by molar-refractivity contribution is 5.67. The van der Waals surface area contributed by atoms with Gasteiger partial charge in [-0.15, -0.1) is 0 Å². The van der Waals surface area contributed by atoms with Crippen molar-refractivity contribution in [1.29, 1.82) is 0 Å². The molecule has 4 heteroatoms. The van der Waals surface area contributed by atoms with Crippen LogP contribution in [-0.2, 0) is 9.47 Å². The lowest BCUT2D eigenvalue weighted by molar-refractivity contribution is -0.0562. The average Bonchev–Trinajstić information content (AvgIpc) is 2.23. The van der Waals surface area contributed by atoms with Crippen LogP contribution >= 0.6 is 0 Å². The van der Waals surface area contributed by atoms with E-state index in [9.17, 15) is 4.79 Å². The van der Waals surface area contributed by atoms with Crippen molar-refractivity contribution in [1.82, 2.24) is 5.32 Å². The number of alkyl carbamates (subject to hydrolysis) is 1. The first-order chi connectivity index (χ1) is 7.93. The van der Waals surface area contributed by atoms with Crippen LogP contribution in [0, 0.1) is 5.92 Å². The molecule has 3 unspecified atom stereocenters. The predicted molar refractivity (Wildman–Crippen MR) is 66.9 cm³/mol. The summed E-state index contributed by atoms with van der Waals surface area (Å²) in [4.78, 5) is 11.3.